The monoisotopic (exact) mass is 268 g/mol. The van der Waals surface area contributed by atoms with Crippen molar-refractivity contribution in [1.29, 1.82) is 0 Å². The van der Waals surface area contributed by atoms with E-state index in [1.807, 2.05) is 0 Å². The molecule has 0 bridgehead atoms. The minimum absolute atomic E-state index is 0.0251. The molecule has 4 nitrogen and oxygen atoms in total. The molecule has 2 N–H and O–H groups in total. The first-order chi connectivity index (χ1) is 8.56. The molecule has 98 valence electrons. The van der Waals surface area contributed by atoms with Crippen LogP contribution in [0.4, 0.5) is 0 Å². The van der Waals surface area contributed by atoms with E-state index in [9.17, 15) is 4.79 Å². The third-order valence-electron chi connectivity index (χ3n) is 2.99. The Kier molecular flexibility index (Phi) is 4.09. The first kappa shape index (κ1) is 13.2. The highest BCUT2D eigenvalue weighted by molar-refractivity contribution is 6.30. The lowest BCUT2D eigenvalue weighted by molar-refractivity contribution is -0.136. The van der Waals surface area contributed by atoms with Crippen molar-refractivity contribution in [1.82, 2.24) is 4.90 Å². The molecule has 0 saturated carbocycles. The topological polar surface area (TPSA) is 55.6 Å². The highest BCUT2D eigenvalue weighted by Gasteiger charge is 2.28. The van der Waals surface area contributed by atoms with Gasteiger partial charge in [-0.3, -0.25) is 4.79 Å². The molecule has 1 saturated heterocycles. The average Bonchev–Trinajstić information content (AvgIpc) is 2.75. The van der Waals surface area contributed by atoms with Gasteiger partial charge in [0.1, 0.15) is 5.75 Å². The van der Waals surface area contributed by atoms with Crippen LogP contribution in [-0.4, -0.2) is 36.0 Å². The lowest BCUT2D eigenvalue weighted by Gasteiger charge is -2.21. The highest BCUT2D eigenvalue weighted by Crippen LogP contribution is 2.19. The summed E-state index contributed by atoms with van der Waals surface area (Å²) in [6.07, 6.45) is 0.337. The minimum Gasteiger partial charge on any atom is -0.481 e. The molecular formula is C13H17ClN2O2. The van der Waals surface area contributed by atoms with E-state index in [2.05, 4.69) is 0 Å². The summed E-state index contributed by atoms with van der Waals surface area (Å²) >= 11 is 5.86. The second-order valence-corrected chi connectivity index (χ2v) is 4.99. The molecule has 1 aliphatic rings. The Morgan fingerprint density at radius 1 is 1.61 bits per heavy atom. The molecule has 0 spiro atoms. The Morgan fingerprint density at radius 2 is 2.39 bits per heavy atom. The number of carbonyl (C=O) groups excluding carboxylic acids is 1. The van der Waals surface area contributed by atoms with Crippen molar-refractivity contribution in [3.8, 4) is 5.75 Å². The zero-order chi connectivity index (χ0) is 13.1. The quantitative estimate of drug-likeness (QED) is 0.907. The van der Waals surface area contributed by atoms with Crippen LogP contribution in [0.25, 0.3) is 0 Å². The molecule has 0 radical (unpaired) electrons. The van der Waals surface area contributed by atoms with E-state index in [4.69, 9.17) is 22.1 Å². The van der Waals surface area contributed by atoms with Crippen LogP contribution in [0.3, 0.4) is 0 Å². The second kappa shape index (κ2) is 5.59. The maximum Gasteiger partial charge on any atom is 0.263 e. The first-order valence-electron chi connectivity index (χ1n) is 6.03. The molecule has 1 heterocycles. The molecule has 18 heavy (non-hydrogen) atoms. The van der Waals surface area contributed by atoms with Gasteiger partial charge in [-0.15, -0.1) is 0 Å². The number of halogens is 1. The fourth-order valence-corrected chi connectivity index (χ4v) is 2.22. The van der Waals surface area contributed by atoms with Crippen molar-refractivity contribution < 1.29 is 9.53 Å². The van der Waals surface area contributed by atoms with Crippen molar-refractivity contribution in [3.63, 3.8) is 0 Å². The van der Waals surface area contributed by atoms with Gasteiger partial charge in [0, 0.05) is 24.2 Å². The fourth-order valence-electron chi connectivity index (χ4n) is 2.04. The number of benzene rings is 1. The van der Waals surface area contributed by atoms with Gasteiger partial charge in [0.25, 0.3) is 5.91 Å². The van der Waals surface area contributed by atoms with Crippen LogP contribution in [0.1, 0.15) is 13.3 Å². The molecule has 2 atom stereocenters. The van der Waals surface area contributed by atoms with E-state index in [1.165, 1.54) is 0 Å². The van der Waals surface area contributed by atoms with Crippen LogP contribution in [0.2, 0.25) is 5.02 Å². The molecule has 0 aromatic heterocycles. The van der Waals surface area contributed by atoms with Crippen LogP contribution >= 0.6 is 11.6 Å². The lowest BCUT2D eigenvalue weighted by Crippen LogP contribution is -2.40. The van der Waals surface area contributed by atoms with E-state index in [1.54, 1.807) is 36.1 Å². The summed E-state index contributed by atoms with van der Waals surface area (Å²) in [6, 6.07) is 7.13. The smallest absolute Gasteiger partial charge is 0.263 e. The number of nitrogens with zero attached hydrogens (tertiary/aromatic N) is 1. The SMILES string of the molecule is CC(Oc1cccc(Cl)c1)C(=O)N1CC[C@H](N)C1. The van der Waals surface area contributed by atoms with Crippen molar-refractivity contribution in [2.24, 2.45) is 5.73 Å². The third-order valence-corrected chi connectivity index (χ3v) is 3.23. The molecule has 1 amide bonds. The van der Waals surface area contributed by atoms with Crippen molar-refractivity contribution in [3.05, 3.63) is 29.3 Å². The van der Waals surface area contributed by atoms with Gasteiger partial charge in [-0.25, -0.2) is 0 Å². The number of rotatable bonds is 3. The summed E-state index contributed by atoms with van der Waals surface area (Å²) in [5, 5.41) is 0.593. The predicted molar refractivity (Wildman–Crippen MR) is 70.7 cm³/mol. The zero-order valence-electron chi connectivity index (χ0n) is 10.3. The molecule has 1 aromatic carbocycles. The summed E-state index contributed by atoms with van der Waals surface area (Å²) in [5.41, 5.74) is 5.78. The Bertz CT molecular complexity index is 439. The number of likely N-dealkylation sites (tertiary alicyclic amines) is 1. The first-order valence-corrected chi connectivity index (χ1v) is 6.40. The predicted octanol–water partition coefficient (Wildman–Crippen LogP) is 1.67. The van der Waals surface area contributed by atoms with Gasteiger partial charge in [0.2, 0.25) is 0 Å². The summed E-state index contributed by atoms with van der Waals surface area (Å²) in [5.74, 6) is 0.578. The van der Waals surface area contributed by atoms with Crippen LogP contribution < -0.4 is 10.5 Å². The standard InChI is InChI=1S/C13H17ClN2O2/c1-9(13(17)16-6-5-11(15)8-16)18-12-4-2-3-10(14)7-12/h2-4,7,9,11H,5-6,8,15H2,1H3/t9?,11-/m0/s1. The van der Waals surface area contributed by atoms with Crippen molar-refractivity contribution in [2.45, 2.75) is 25.5 Å². The summed E-state index contributed by atoms with van der Waals surface area (Å²) in [7, 11) is 0. The highest BCUT2D eigenvalue weighted by atomic mass is 35.5. The van der Waals surface area contributed by atoms with Gasteiger partial charge in [-0.05, 0) is 31.5 Å². The molecule has 1 fully saturated rings. The van der Waals surface area contributed by atoms with E-state index >= 15 is 0 Å². The van der Waals surface area contributed by atoms with Crippen molar-refractivity contribution >= 4 is 17.5 Å². The number of carbonyl (C=O) groups is 1. The molecule has 1 unspecified atom stereocenters. The summed E-state index contributed by atoms with van der Waals surface area (Å²) in [4.78, 5) is 13.8. The Morgan fingerprint density at radius 3 is 3.00 bits per heavy atom. The van der Waals surface area contributed by atoms with Crippen LogP contribution in [0, 0.1) is 0 Å². The Hall–Kier alpha value is -1.26. The van der Waals surface area contributed by atoms with Gasteiger partial charge >= 0.3 is 0 Å². The molecule has 1 aliphatic heterocycles. The van der Waals surface area contributed by atoms with Gasteiger partial charge in [0.05, 0.1) is 0 Å². The largest absolute Gasteiger partial charge is 0.481 e. The number of nitrogens with two attached hydrogens (primary N) is 1. The zero-order valence-corrected chi connectivity index (χ0v) is 11.1. The number of amides is 1. The number of hydrogen-bond donors (Lipinski definition) is 1. The van der Waals surface area contributed by atoms with Crippen LogP contribution in [0.5, 0.6) is 5.75 Å². The normalized spacial score (nSPS) is 20.8. The van der Waals surface area contributed by atoms with Crippen molar-refractivity contribution in [2.75, 3.05) is 13.1 Å². The van der Waals surface area contributed by atoms with Gasteiger partial charge < -0.3 is 15.4 Å². The van der Waals surface area contributed by atoms with Gasteiger partial charge in [-0.2, -0.15) is 0 Å². The second-order valence-electron chi connectivity index (χ2n) is 4.55. The number of hydrogen-bond acceptors (Lipinski definition) is 3. The summed E-state index contributed by atoms with van der Waals surface area (Å²) in [6.45, 7) is 3.07. The fraction of sp³-hybridized carbons (Fsp3) is 0.462. The van der Waals surface area contributed by atoms with E-state index in [0.717, 1.165) is 6.42 Å². The average molecular weight is 269 g/mol. The lowest BCUT2D eigenvalue weighted by atomic mass is 10.3. The molecule has 0 aliphatic carbocycles. The maximum absolute atomic E-state index is 12.1. The molecule has 5 heteroatoms. The van der Waals surface area contributed by atoms with E-state index < -0.39 is 6.10 Å². The third kappa shape index (κ3) is 3.15. The Balaban J connectivity index is 1.95. The van der Waals surface area contributed by atoms with Crippen LogP contribution in [-0.2, 0) is 4.79 Å². The Labute approximate surface area is 112 Å². The van der Waals surface area contributed by atoms with E-state index in [-0.39, 0.29) is 11.9 Å². The number of ether oxygens (including phenoxy) is 1. The van der Waals surface area contributed by atoms with E-state index in [0.29, 0.717) is 23.9 Å². The van der Waals surface area contributed by atoms with Crippen LogP contribution in [0.15, 0.2) is 24.3 Å². The maximum atomic E-state index is 12.1. The summed E-state index contributed by atoms with van der Waals surface area (Å²) < 4.78 is 5.59. The molecule has 2 rings (SSSR count). The molecular weight excluding hydrogens is 252 g/mol. The minimum atomic E-state index is -0.520. The van der Waals surface area contributed by atoms with Gasteiger partial charge in [-0.1, -0.05) is 17.7 Å². The van der Waals surface area contributed by atoms with Gasteiger partial charge in [0.15, 0.2) is 6.10 Å². The molecule has 1 aromatic rings.